The van der Waals surface area contributed by atoms with Gasteiger partial charge in [0.1, 0.15) is 5.82 Å². The van der Waals surface area contributed by atoms with Gasteiger partial charge in [0.05, 0.1) is 10.1 Å². The van der Waals surface area contributed by atoms with E-state index in [0.29, 0.717) is 29.8 Å². The summed E-state index contributed by atoms with van der Waals surface area (Å²) in [5.74, 6) is -0.449. The fourth-order valence-electron chi connectivity index (χ4n) is 3.11. The third-order valence-electron chi connectivity index (χ3n) is 4.57. The van der Waals surface area contributed by atoms with Crippen molar-refractivity contribution in [3.63, 3.8) is 0 Å². The van der Waals surface area contributed by atoms with E-state index in [1.54, 1.807) is 53.4 Å². The Morgan fingerprint density at radius 3 is 2.48 bits per heavy atom. The van der Waals surface area contributed by atoms with Crippen LogP contribution in [0.1, 0.15) is 18.4 Å². The molecule has 0 radical (unpaired) electrons. The molecule has 2 aromatic rings. The molecule has 0 spiro atoms. The highest BCUT2D eigenvalue weighted by Crippen LogP contribution is 2.24. The molecule has 1 saturated heterocycles. The largest absolute Gasteiger partial charge is 0.341 e. The third-order valence-corrected chi connectivity index (χ3v) is 6.77. The van der Waals surface area contributed by atoms with Gasteiger partial charge in [0.15, 0.2) is 9.84 Å². The number of amides is 1. The van der Waals surface area contributed by atoms with Crippen LogP contribution in [-0.2, 0) is 21.1 Å². The predicted octanol–water partition coefficient (Wildman–Crippen LogP) is 2.83. The Morgan fingerprint density at radius 1 is 1.08 bits per heavy atom. The Bertz CT molecular complexity index is 852. The van der Waals surface area contributed by atoms with E-state index in [2.05, 4.69) is 0 Å². The Balaban J connectivity index is 1.61. The summed E-state index contributed by atoms with van der Waals surface area (Å²) in [6.07, 6.45) is 0.930. The normalized spacial score (nSPS) is 17.6. The summed E-state index contributed by atoms with van der Waals surface area (Å²) in [6.45, 7) is 0.625. The standard InChI is InChI=1S/C19H20FNO3S/c20-18-9-5-4-6-15(18)10-11-19(22)21-13-12-17(14-21)25(23,24)16-7-2-1-3-8-16/h1-9,17H,10-14H2. The van der Waals surface area contributed by atoms with E-state index in [1.165, 1.54) is 6.07 Å². The summed E-state index contributed by atoms with van der Waals surface area (Å²) in [4.78, 5) is 14.2. The highest BCUT2D eigenvalue weighted by Gasteiger charge is 2.35. The second-order valence-electron chi connectivity index (χ2n) is 6.20. The topological polar surface area (TPSA) is 54.5 Å². The molecule has 0 aliphatic carbocycles. The lowest BCUT2D eigenvalue weighted by Gasteiger charge is -2.17. The van der Waals surface area contributed by atoms with Crippen LogP contribution in [0.4, 0.5) is 4.39 Å². The molecule has 1 aliphatic rings. The lowest BCUT2D eigenvalue weighted by molar-refractivity contribution is -0.130. The number of benzene rings is 2. The van der Waals surface area contributed by atoms with Crippen molar-refractivity contribution in [1.29, 1.82) is 0 Å². The van der Waals surface area contributed by atoms with E-state index in [4.69, 9.17) is 0 Å². The number of rotatable bonds is 5. The molecule has 1 unspecified atom stereocenters. The summed E-state index contributed by atoms with van der Waals surface area (Å²) in [6, 6.07) is 14.7. The first kappa shape index (κ1) is 17.6. The summed E-state index contributed by atoms with van der Waals surface area (Å²) in [7, 11) is -3.43. The lowest BCUT2D eigenvalue weighted by Crippen LogP contribution is -2.32. The fraction of sp³-hybridized carbons (Fsp3) is 0.316. The monoisotopic (exact) mass is 361 g/mol. The molecule has 1 amide bonds. The Hall–Kier alpha value is -2.21. The lowest BCUT2D eigenvalue weighted by atomic mass is 10.1. The summed E-state index contributed by atoms with van der Waals surface area (Å²) in [5, 5.41) is -0.577. The van der Waals surface area contributed by atoms with Crippen molar-refractivity contribution in [3.8, 4) is 0 Å². The first-order chi connectivity index (χ1) is 12.0. The van der Waals surface area contributed by atoms with E-state index < -0.39 is 15.1 Å². The third kappa shape index (κ3) is 3.90. The SMILES string of the molecule is O=C(CCc1ccccc1F)N1CCC(S(=O)(=O)c2ccccc2)C1. The minimum atomic E-state index is -3.43. The van der Waals surface area contributed by atoms with Crippen LogP contribution in [-0.4, -0.2) is 37.6 Å². The smallest absolute Gasteiger partial charge is 0.222 e. The van der Waals surface area contributed by atoms with Crippen LogP contribution >= 0.6 is 0 Å². The zero-order chi connectivity index (χ0) is 17.9. The van der Waals surface area contributed by atoms with Crippen LogP contribution in [0.2, 0.25) is 0 Å². The maximum atomic E-state index is 13.6. The molecule has 25 heavy (non-hydrogen) atoms. The summed E-state index contributed by atoms with van der Waals surface area (Å²) >= 11 is 0. The minimum absolute atomic E-state index is 0.131. The Morgan fingerprint density at radius 2 is 1.76 bits per heavy atom. The first-order valence-corrected chi connectivity index (χ1v) is 9.83. The zero-order valence-electron chi connectivity index (χ0n) is 13.8. The first-order valence-electron chi connectivity index (χ1n) is 8.28. The van der Waals surface area contributed by atoms with Crippen LogP contribution in [0.5, 0.6) is 0 Å². The van der Waals surface area contributed by atoms with Crippen LogP contribution in [0, 0.1) is 5.82 Å². The van der Waals surface area contributed by atoms with Crippen LogP contribution < -0.4 is 0 Å². The van der Waals surface area contributed by atoms with E-state index in [9.17, 15) is 17.6 Å². The quantitative estimate of drug-likeness (QED) is 0.823. The Kier molecular flexibility index (Phi) is 5.18. The van der Waals surface area contributed by atoms with Gasteiger partial charge in [-0.3, -0.25) is 4.79 Å². The average Bonchev–Trinajstić information content (AvgIpc) is 3.12. The van der Waals surface area contributed by atoms with Gasteiger partial charge < -0.3 is 4.90 Å². The van der Waals surface area contributed by atoms with Crippen LogP contribution in [0.15, 0.2) is 59.5 Å². The van der Waals surface area contributed by atoms with Gasteiger partial charge in [0, 0.05) is 19.5 Å². The average molecular weight is 361 g/mol. The van der Waals surface area contributed by atoms with Gasteiger partial charge in [-0.05, 0) is 36.6 Å². The second-order valence-corrected chi connectivity index (χ2v) is 8.43. The van der Waals surface area contributed by atoms with Gasteiger partial charge in [-0.2, -0.15) is 0 Å². The second kappa shape index (κ2) is 7.35. The number of aryl methyl sites for hydroxylation is 1. The van der Waals surface area contributed by atoms with Gasteiger partial charge in [0.2, 0.25) is 5.91 Å². The van der Waals surface area contributed by atoms with E-state index in [0.717, 1.165) is 0 Å². The van der Waals surface area contributed by atoms with Gasteiger partial charge in [-0.15, -0.1) is 0 Å². The molecular formula is C19H20FNO3S. The molecule has 1 heterocycles. The molecule has 1 atom stereocenters. The molecule has 1 aliphatic heterocycles. The zero-order valence-corrected chi connectivity index (χ0v) is 14.6. The van der Waals surface area contributed by atoms with Gasteiger partial charge in [0.25, 0.3) is 0 Å². The van der Waals surface area contributed by atoms with E-state index >= 15 is 0 Å². The number of hydrogen-bond acceptors (Lipinski definition) is 3. The summed E-state index contributed by atoms with van der Waals surface area (Å²) in [5.41, 5.74) is 0.503. The number of likely N-dealkylation sites (tertiary alicyclic amines) is 1. The highest BCUT2D eigenvalue weighted by molar-refractivity contribution is 7.92. The minimum Gasteiger partial charge on any atom is -0.341 e. The van der Waals surface area contributed by atoms with Crippen molar-refractivity contribution in [2.45, 2.75) is 29.4 Å². The molecule has 3 rings (SSSR count). The van der Waals surface area contributed by atoms with Crippen molar-refractivity contribution < 1.29 is 17.6 Å². The van der Waals surface area contributed by atoms with E-state index in [-0.39, 0.29) is 24.7 Å². The van der Waals surface area contributed by atoms with Gasteiger partial charge >= 0.3 is 0 Å². The molecule has 132 valence electrons. The predicted molar refractivity (Wildman–Crippen MR) is 93.3 cm³/mol. The number of sulfone groups is 1. The molecule has 2 aromatic carbocycles. The number of nitrogens with zero attached hydrogens (tertiary/aromatic N) is 1. The van der Waals surface area contributed by atoms with Crippen molar-refractivity contribution in [3.05, 3.63) is 66.0 Å². The Labute approximate surface area is 147 Å². The van der Waals surface area contributed by atoms with Gasteiger partial charge in [-0.1, -0.05) is 36.4 Å². The molecule has 0 aromatic heterocycles. The molecule has 0 saturated carbocycles. The highest BCUT2D eigenvalue weighted by atomic mass is 32.2. The number of carbonyl (C=O) groups excluding carboxylic acids is 1. The maximum Gasteiger partial charge on any atom is 0.222 e. The number of halogens is 1. The number of carbonyl (C=O) groups is 1. The van der Waals surface area contributed by atoms with Crippen molar-refractivity contribution in [1.82, 2.24) is 4.90 Å². The molecule has 1 fully saturated rings. The molecule has 4 nitrogen and oxygen atoms in total. The van der Waals surface area contributed by atoms with Crippen LogP contribution in [0.3, 0.4) is 0 Å². The molecule has 0 N–H and O–H groups in total. The summed E-state index contributed by atoms with van der Waals surface area (Å²) < 4.78 is 38.9. The van der Waals surface area contributed by atoms with Crippen molar-refractivity contribution in [2.24, 2.45) is 0 Å². The fourth-order valence-corrected chi connectivity index (χ4v) is 4.82. The van der Waals surface area contributed by atoms with Crippen molar-refractivity contribution >= 4 is 15.7 Å². The molecule has 0 bridgehead atoms. The van der Waals surface area contributed by atoms with Crippen molar-refractivity contribution in [2.75, 3.05) is 13.1 Å². The van der Waals surface area contributed by atoms with Gasteiger partial charge in [-0.25, -0.2) is 12.8 Å². The maximum absolute atomic E-state index is 13.6. The van der Waals surface area contributed by atoms with E-state index in [1.807, 2.05) is 0 Å². The van der Waals surface area contributed by atoms with Crippen LogP contribution in [0.25, 0.3) is 0 Å². The molecule has 6 heteroatoms. The number of hydrogen-bond donors (Lipinski definition) is 0. The molecular weight excluding hydrogens is 341 g/mol.